The topological polar surface area (TPSA) is 67.7 Å². The van der Waals surface area contributed by atoms with Crippen LogP contribution in [-0.4, -0.2) is 65.1 Å². The maximum absolute atomic E-state index is 10.1. The molecule has 1 saturated heterocycles. The van der Waals surface area contributed by atoms with Gasteiger partial charge in [-0.15, -0.1) is 0 Å². The SMILES string of the molecule is Cc1ncc2c(n1)CN(C[C@H](O)COC[C@H]1CCCO1)CC2. The minimum atomic E-state index is -0.467. The number of fused-ring (bicyclic) bond motifs is 1. The van der Waals surface area contributed by atoms with E-state index in [1.807, 2.05) is 13.1 Å². The molecule has 0 radical (unpaired) electrons. The lowest BCUT2D eigenvalue weighted by Crippen LogP contribution is -2.39. The first-order chi connectivity index (χ1) is 10.7. The van der Waals surface area contributed by atoms with Crippen LogP contribution in [0.2, 0.25) is 0 Å². The van der Waals surface area contributed by atoms with Crippen LogP contribution in [0.1, 0.15) is 29.9 Å². The predicted molar refractivity (Wildman–Crippen MR) is 81.5 cm³/mol. The summed E-state index contributed by atoms with van der Waals surface area (Å²) in [4.78, 5) is 11.0. The molecule has 1 aromatic heterocycles. The Kier molecular flexibility index (Phi) is 5.36. The first-order valence-corrected chi connectivity index (χ1v) is 8.12. The highest BCUT2D eigenvalue weighted by atomic mass is 16.5. The highest BCUT2D eigenvalue weighted by Crippen LogP contribution is 2.16. The Bertz CT molecular complexity index is 492. The summed E-state index contributed by atoms with van der Waals surface area (Å²) in [7, 11) is 0. The maximum atomic E-state index is 10.1. The number of β-amino-alcohol motifs (C(OH)–C–C–N with tert-alkyl or cyclic N) is 1. The molecule has 1 N–H and O–H groups in total. The highest BCUT2D eigenvalue weighted by Gasteiger charge is 2.21. The summed E-state index contributed by atoms with van der Waals surface area (Å²) in [5, 5.41) is 10.1. The Morgan fingerprint density at radius 1 is 1.55 bits per heavy atom. The second-order valence-corrected chi connectivity index (χ2v) is 6.20. The van der Waals surface area contributed by atoms with Gasteiger partial charge in [0.1, 0.15) is 5.82 Å². The largest absolute Gasteiger partial charge is 0.389 e. The van der Waals surface area contributed by atoms with Crippen molar-refractivity contribution in [2.75, 3.05) is 32.9 Å². The van der Waals surface area contributed by atoms with Crippen molar-refractivity contribution in [2.24, 2.45) is 0 Å². The molecule has 3 heterocycles. The van der Waals surface area contributed by atoms with Gasteiger partial charge in [0.05, 0.1) is 31.1 Å². The molecule has 22 heavy (non-hydrogen) atoms. The summed E-state index contributed by atoms with van der Waals surface area (Å²) in [6.45, 7) is 6.04. The molecule has 6 heteroatoms. The third kappa shape index (κ3) is 4.23. The molecule has 2 atom stereocenters. The van der Waals surface area contributed by atoms with E-state index in [9.17, 15) is 5.11 Å². The summed E-state index contributed by atoms with van der Waals surface area (Å²) in [5.41, 5.74) is 2.32. The molecule has 2 aliphatic rings. The zero-order valence-electron chi connectivity index (χ0n) is 13.2. The lowest BCUT2D eigenvalue weighted by molar-refractivity contribution is -0.0262. The Morgan fingerprint density at radius 3 is 3.27 bits per heavy atom. The van der Waals surface area contributed by atoms with Gasteiger partial charge in [-0.05, 0) is 31.7 Å². The van der Waals surface area contributed by atoms with Gasteiger partial charge >= 0.3 is 0 Å². The van der Waals surface area contributed by atoms with E-state index in [0.717, 1.165) is 50.5 Å². The number of aliphatic hydroxyl groups excluding tert-OH is 1. The van der Waals surface area contributed by atoms with E-state index < -0.39 is 6.10 Å². The Morgan fingerprint density at radius 2 is 2.45 bits per heavy atom. The first kappa shape index (κ1) is 15.8. The van der Waals surface area contributed by atoms with E-state index in [0.29, 0.717) is 19.8 Å². The molecule has 122 valence electrons. The van der Waals surface area contributed by atoms with Crippen LogP contribution in [0.5, 0.6) is 0 Å². The normalized spacial score (nSPS) is 23.5. The second-order valence-electron chi connectivity index (χ2n) is 6.20. The van der Waals surface area contributed by atoms with Gasteiger partial charge in [0, 0.05) is 32.4 Å². The Hall–Kier alpha value is -1.08. The molecule has 3 rings (SSSR count). The second kappa shape index (κ2) is 7.46. The molecule has 1 aromatic rings. The van der Waals surface area contributed by atoms with E-state index in [2.05, 4.69) is 14.9 Å². The van der Waals surface area contributed by atoms with Gasteiger partial charge in [-0.25, -0.2) is 9.97 Å². The van der Waals surface area contributed by atoms with E-state index in [4.69, 9.17) is 9.47 Å². The number of hydrogen-bond acceptors (Lipinski definition) is 6. The van der Waals surface area contributed by atoms with Gasteiger partial charge in [0.15, 0.2) is 0 Å². The first-order valence-electron chi connectivity index (χ1n) is 8.12. The standard InChI is InChI=1S/C16H25N3O3/c1-12-17-7-13-4-5-19(9-16(13)18-12)8-14(20)10-21-11-15-3-2-6-22-15/h7,14-15,20H,2-6,8-11H2,1H3/t14-,15+/m0/s1. The van der Waals surface area contributed by atoms with Crippen molar-refractivity contribution in [1.82, 2.24) is 14.9 Å². The number of aliphatic hydroxyl groups is 1. The van der Waals surface area contributed by atoms with Gasteiger partial charge in [0.2, 0.25) is 0 Å². The molecular weight excluding hydrogens is 282 g/mol. The Labute approximate surface area is 131 Å². The quantitative estimate of drug-likeness (QED) is 0.834. The Balaban J connectivity index is 1.41. The molecule has 0 aliphatic carbocycles. The third-order valence-electron chi connectivity index (χ3n) is 4.25. The van der Waals surface area contributed by atoms with Crippen LogP contribution in [0, 0.1) is 6.92 Å². The van der Waals surface area contributed by atoms with Crippen molar-refractivity contribution in [2.45, 2.75) is 44.9 Å². The average molecular weight is 307 g/mol. The van der Waals surface area contributed by atoms with Gasteiger partial charge in [-0.3, -0.25) is 4.90 Å². The fourth-order valence-electron chi connectivity index (χ4n) is 3.07. The van der Waals surface area contributed by atoms with Crippen molar-refractivity contribution in [1.29, 1.82) is 0 Å². The fraction of sp³-hybridized carbons (Fsp3) is 0.750. The highest BCUT2D eigenvalue weighted by molar-refractivity contribution is 5.20. The van der Waals surface area contributed by atoms with E-state index in [1.54, 1.807) is 0 Å². The molecule has 6 nitrogen and oxygen atoms in total. The van der Waals surface area contributed by atoms with Crippen LogP contribution in [-0.2, 0) is 22.4 Å². The van der Waals surface area contributed by atoms with E-state index in [1.165, 1.54) is 5.56 Å². The summed E-state index contributed by atoms with van der Waals surface area (Å²) in [5.74, 6) is 0.807. The molecule has 0 bridgehead atoms. The van der Waals surface area contributed by atoms with Crippen LogP contribution in [0.25, 0.3) is 0 Å². The van der Waals surface area contributed by atoms with Crippen molar-refractivity contribution >= 4 is 0 Å². The molecule has 0 amide bonds. The number of aryl methyl sites for hydroxylation is 1. The number of nitrogens with zero attached hydrogens (tertiary/aromatic N) is 3. The number of hydrogen-bond donors (Lipinski definition) is 1. The molecule has 1 fully saturated rings. The molecule has 0 spiro atoms. The lowest BCUT2D eigenvalue weighted by atomic mass is 10.1. The zero-order chi connectivity index (χ0) is 15.4. The summed E-state index contributed by atoms with van der Waals surface area (Å²) < 4.78 is 11.1. The number of ether oxygens (including phenoxy) is 2. The van der Waals surface area contributed by atoms with Crippen molar-refractivity contribution in [3.05, 3.63) is 23.3 Å². The van der Waals surface area contributed by atoms with Gasteiger partial charge < -0.3 is 14.6 Å². The average Bonchev–Trinajstić information content (AvgIpc) is 3.00. The smallest absolute Gasteiger partial charge is 0.125 e. The van der Waals surface area contributed by atoms with Crippen LogP contribution in [0.15, 0.2) is 6.20 Å². The van der Waals surface area contributed by atoms with E-state index in [-0.39, 0.29) is 6.10 Å². The summed E-state index contributed by atoms with van der Waals surface area (Å²) in [6, 6.07) is 0. The molecule has 0 unspecified atom stereocenters. The molecule has 0 aromatic carbocycles. The van der Waals surface area contributed by atoms with Crippen LogP contribution in [0.4, 0.5) is 0 Å². The van der Waals surface area contributed by atoms with Crippen LogP contribution in [0.3, 0.4) is 0 Å². The summed E-state index contributed by atoms with van der Waals surface area (Å²) >= 11 is 0. The van der Waals surface area contributed by atoms with Gasteiger partial charge in [-0.2, -0.15) is 0 Å². The van der Waals surface area contributed by atoms with Crippen molar-refractivity contribution in [3.8, 4) is 0 Å². The third-order valence-corrected chi connectivity index (χ3v) is 4.25. The molecule has 2 aliphatic heterocycles. The fourth-order valence-corrected chi connectivity index (χ4v) is 3.07. The van der Waals surface area contributed by atoms with Gasteiger partial charge in [-0.1, -0.05) is 0 Å². The lowest BCUT2D eigenvalue weighted by Gasteiger charge is -2.29. The predicted octanol–water partition coefficient (Wildman–Crippen LogP) is 0.700. The zero-order valence-corrected chi connectivity index (χ0v) is 13.2. The monoisotopic (exact) mass is 307 g/mol. The van der Waals surface area contributed by atoms with E-state index >= 15 is 0 Å². The van der Waals surface area contributed by atoms with Crippen LogP contribution < -0.4 is 0 Å². The van der Waals surface area contributed by atoms with Crippen molar-refractivity contribution in [3.63, 3.8) is 0 Å². The summed E-state index contributed by atoms with van der Waals surface area (Å²) in [6.07, 6.45) is 4.80. The maximum Gasteiger partial charge on any atom is 0.125 e. The number of rotatable bonds is 6. The molecular formula is C16H25N3O3. The minimum Gasteiger partial charge on any atom is -0.389 e. The minimum absolute atomic E-state index is 0.216. The van der Waals surface area contributed by atoms with Gasteiger partial charge in [0.25, 0.3) is 0 Å². The molecule has 0 saturated carbocycles. The van der Waals surface area contributed by atoms with Crippen molar-refractivity contribution < 1.29 is 14.6 Å². The van der Waals surface area contributed by atoms with Crippen LogP contribution >= 0.6 is 0 Å². The number of aromatic nitrogens is 2.